The summed E-state index contributed by atoms with van der Waals surface area (Å²) in [5.41, 5.74) is 1.38. The second-order valence-corrected chi connectivity index (χ2v) is 7.31. The molecule has 0 spiro atoms. The molecule has 1 aromatic carbocycles. The van der Waals surface area contributed by atoms with Crippen molar-refractivity contribution >= 4 is 16.0 Å². The molecule has 1 aliphatic rings. The molecule has 2 aromatic rings. The van der Waals surface area contributed by atoms with Crippen LogP contribution in [0.3, 0.4) is 0 Å². The average Bonchev–Trinajstić information content (AvgIpc) is 3.10. The van der Waals surface area contributed by atoms with E-state index in [1.165, 1.54) is 16.6 Å². The van der Waals surface area contributed by atoms with Crippen molar-refractivity contribution in [3.8, 4) is 11.1 Å². The first kappa shape index (κ1) is 15.6. The fourth-order valence-electron chi connectivity index (χ4n) is 2.62. The van der Waals surface area contributed by atoms with Crippen LogP contribution < -0.4 is 0 Å². The van der Waals surface area contributed by atoms with Crippen molar-refractivity contribution in [1.29, 1.82) is 0 Å². The summed E-state index contributed by atoms with van der Waals surface area (Å²) in [7, 11) is -3.43. The highest BCUT2D eigenvalue weighted by molar-refractivity contribution is 7.89. The molecule has 0 saturated carbocycles. The number of hydrogen-bond acceptors (Lipinski definition) is 4. The maximum Gasteiger partial charge on any atom is 0.354 e. The lowest BCUT2D eigenvalue weighted by Crippen LogP contribution is -2.27. The topological polar surface area (TPSA) is 87.6 Å². The first-order valence-corrected chi connectivity index (χ1v) is 8.72. The van der Waals surface area contributed by atoms with Crippen molar-refractivity contribution in [3.05, 3.63) is 48.3 Å². The van der Waals surface area contributed by atoms with Gasteiger partial charge >= 0.3 is 5.97 Å². The molecule has 2 heterocycles. The summed E-state index contributed by atoms with van der Waals surface area (Å²) in [6.07, 6.45) is 3.21. The zero-order valence-electron chi connectivity index (χ0n) is 12.3. The second-order valence-electron chi connectivity index (χ2n) is 5.37. The van der Waals surface area contributed by atoms with E-state index >= 15 is 0 Å². The number of carboxylic acid groups (broad SMARTS) is 1. The summed E-state index contributed by atoms with van der Waals surface area (Å²) in [5.74, 6) is -1.10. The van der Waals surface area contributed by atoms with E-state index in [9.17, 15) is 13.2 Å². The first-order valence-electron chi connectivity index (χ1n) is 7.28. The number of nitrogens with zero attached hydrogens (tertiary/aromatic N) is 2. The molecule has 1 fully saturated rings. The Labute approximate surface area is 134 Å². The van der Waals surface area contributed by atoms with E-state index in [-0.39, 0.29) is 10.6 Å². The summed E-state index contributed by atoms with van der Waals surface area (Å²) in [5, 5.41) is 8.98. The lowest BCUT2D eigenvalue weighted by molar-refractivity contribution is 0.0690. The van der Waals surface area contributed by atoms with Crippen LogP contribution in [-0.4, -0.2) is 41.9 Å². The van der Waals surface area contributed by atoms with Gasteiger partial charge in [0.05, 0.1) is 4.90 Å². The number of rotatable bonds is 4. The third-order valence-electron chi connectivity index (χ3n) is 3.87. The van der Waals surface area contributed by atoms with E-state index in [0.29, 0.717) is 18.7 Å². The van der Waals surface area contributed by atoms with Crippen molar-refractivity contribution in [3.63, 3.8) is 0 Å². The van der Waals surface area contributed by atoms with E-state index < -0.39 is 16.0 Å². The molecule has 1 saturated heterocycles. The van der Waals surface area contributed by atoms with Crippen LogP contribution in [-0.2, 0) is 10.0 Å². The smallest absolute Gasteiger partial charge is 0.354 e. The molecule has 23 heavy (non-hydrogen) atoms. The SMILES string of the molecule is O=C(O)c1cc(-c2ccc(S(=O)(=O)N3CCCC3)cc2)ccn1. The molecule has 0 bridgehead atoms. The Morgan fingerprint density at radius 2 is 1.70 bits per heavy atom. The number of aromatic nitrogens is 1. The molecule has 0 unspecified atom stereocenters. The summed E-state index contributed by atoms with van der Waals surface area (Å²) in [4.78, 5) is 15.0. The molecule has 120 valence electrons. The molecule has 1 aromatic heterocycles. The minimum atomic E-state index is -3.43. The van der Waals surface area contributed by atoms with Crippen LogP contribution in [0, 0.1) is 0 Å². The predicted molar refractivity (Wildman–Crippen MR) is 84.6 cm³/mol. The molecule has 3 rings (SSSR count). The number of carbonyl (C=O) groups is 1. The molecular weight excluding hydrogens is 316 g/mol. The summed E-state index contributed by atoms with van der Waals surface area (Å²) >= 11 is 0. The van der Waals surface area contributed by atoms with Crippen LogP contribution in [0.1, 0.15) is 23.3 Å². The lowest BCUT2D eigenvalue weighted by Gasteiger charge is -2.15. The van der Waals surface area contributed by atoms with Crippen molar-refractivity contribution in [2.75, 3.05) is 13.1 Å². The molecule has 1 N–H and O–H groups in total. The van der Waals surface area contributed by atoms with Gasteiger partial charge in [0.25, 0.3) is 0 Å². The van der Waals surface area contributed by atoms with Gasteiger partial charge in [0.2, 0.25) is 10.0 Å². The molecule has 1 aliphatic heterocycles. The van der Waals surface area contributed by atoms with E-state index in [4.69, 9.17) is 5.11 Å². The monoisotopic (exact) mass is 332 g/mol. The minimum absolute atomic E-state index is 0.0451. The van der Waals surface area contributed by atoms with Gasteiger partial charge in [-0.3, -0.25) is 0 Å². The van der Waals surface area contributed by atoms with Crippen LogP contribution in [0.15, 0.2) is 47.5 Å². The fourth-order valence-corrected chi connectivity index (χ4v) is 4.14. The number of pyridine rings is 1. The quantitative estimate of drug-likeness (QED) is 0.927. The molecule has 7 heteroatoms. The van der Waals surface area contributed by atoms with E-state index in [2.05, 4.69) is 4.98 Å². The van der Waals surface area contributed by atoms with Crippen molar-refractivity contribution in [2.45, 2.75) is 17.7 Å². The minimum Gasteiger partial charge on any atom is -0.477 e. The molecular formula is C16H16N2O4S. The number of hydrogen-bond donors (Lipinski definition) is 1. The number of benzene rings is 1. The zero-order valence-corrected chi connectivity index (χ0v) is 13.2. The fraction of sp³-hybridized carbons (Fsp3) is 0.250. The van der Waals surface area contributed by atoms with Gasteiger partial charge in [0, 0.05) is 19.3 Å². The van der Waals surface area contributed by atoms with Gasteiger partial charge in [-0.25, -0.2) is 18.2 Å². The highest BCUT2D eigenvalue weighted by Crippen LogP contribution is 2.25. The third-order valence-corrected chi connectivity index (χ3v) is 5.78. The van der Waals surface area contributed by atoms with Crippen LogP contribution in [0.2, 0.25) is 0 Å². The summed E-state index contributed by atoms with van der Waals surface area (Å²) < 4.78 is 26.4. The van der Waals surface area contributed by atoms with Gasteiger partial charge in [0.1, 0.15) is 5.69 Å². The number of aromatic carboxylic acids is 1. The Morgan fingerprint density at radius 1 is 1.04 bits per heavy atom. The Bertz CT molecular complexity index is 825. The van der Waals surface area contributed by atoms with E-state index in [1.807, 2.05) is 0 Å². The maximum atomic E-state index is 12.5. The summed E-state index contributed by atoms with van der Waals surface area (Å²) in [6, 6.07) is 9.64. The van der Waals surface area contributed by atoms with Gasteiger partial charge in [-0.2, -0.15) is 4.31 Å². The van der Waals surface area contributed by atoms with Gasteiger partial charge in [-0.15, -0.1) is 0 Å². The number of carboxylic acids is 1. The van der Waals surface area contributed by atoms with Crippen molar-refractivity contribution < 1.29 is 18.3 Å². The Kier molecular flexibility index (Phi) is 4.14. The third kappa shape index (κ3) is 3.11. The Hall–Kier alpha value is -2.25. The van der Waals surface area contributed by atoms with Gasteiger partial charge in [0.15, 0.2) is 0 Å². The van der Waals surface area contributed by atoms with Crippen LogP contribution in [0.25, 0.3) is 11.1 Å². The molecule has 0 atom stereocenters. The van der Waals surface area contributed by atoms with E-state index in [1.54, 1.807) is 30.3 Å². The second kappa shape index (κ2) is 6.10. The average molecular weight is 332 g/mol. The van der Waals surface area contributed by atoms with Crippen molar-refractivity contribution in [1.82, 2.24) is 9.29 Å². The Balaban J connectivity index is 1.90. The van der Waals surface area contributed by atoms with Gasteiger partial charge < -0.3 is 5.11 Å². The van der Waals surface area contributed by atoms with Crippen LogP contribution >= 0.6 is 0 Å². The maximum absolute atomic E-state index is 12.5. The largest absolute Gasteiger partial charge is 0.477 e. The molecule has 0 aliphatic carbocycles. The molecule has 0 radical (unpaired) electrons. The Morgan fingerprint density at radius 3 is 2.30 bits per heavy atom. The highest BCUT2D eigenvalue weighted by Gasteiger charge is 2.26. The molecule has 0 amide bonds. The van der Waals surface area contributed by atoms with Crippen LogP contribution in [0.4, 0.5) is 0 Å². The summed E-state index contributed by atoms with van der Waals surface area (Å²) in [6.45, 7) is 1.13. The highest BCUT2D eigenvalue weighted by atomic mass is 32.2. The van der Waals surface area contributed by atoms with E-state index in [0.717, 1.165) is 18.4 Å². The predicted octanol–water partition coefficient (Wildman–Crippen LogP) is 2.23. The lowest BCUT2D eigenvalue weighted by atomic mass is 10.1. The normalized spacial score (nSPS) is 15.7. The van der Waals surface area contributed by atoms with Gasteiger partial charge in [-0.05, 0) is 48.2 Å². The van der Waals surface area contributed by atoms with Crippen LogP contribution in [0.5, 0.6) is 0 Å². The zero-order chi connectivity index (χ0) is 16.4. The van der Waals surface area contributed by atoms with Crippen molar-refractivity contribution in [2.24, 2.45) is 0 Å². The first-order chi connectivity index (χ1) is 11.0. The van der Waals surface area contributed by atoms with Gasteiger partial charge in [-0.1, -0.05) is 12.1 Å². The molecule has 6 nitrogen and oxygen atoms in total. The standard InChI is InChI=1S/C16H16N2O4S/c19-16(20)15-11-13(7-8-17-15)12-3-5-14(6-4-12)23(21,22)18-9-1-2-10-18/h3-8,11H,1-2,9-10H2,(H,19,20). The number of sulfonamides is 1.